The Morgan fingerprint density at radius 1 is 1.25 bits per heavy atom. The minimum Gasteiger partial charge on any atom is -0.444 e. The van der Waals surface area contributed by atoms with Crippen LogP contribution in [0.3, 0.4) is 0 Å². The van der Waals surface area contributed by atoms with Gasteiger partial charge in [-0.05, 0) is 45.7 Å². The maximum Gasteiger partial charge on any atom is 0.410 e. The Labute approximate surface area is 142 Å². The normalized spacial score (nSPS) is 26.8. The maximum absolute atomic E-state index is 12.7. The average molecular weight is 332 g/mol. The zero-order valence-electron chi connectivity index (χ0n) is 14.4. The van der Waals surface area contributed by atoms with Crippen molar-refractivity contribution in [3.8, 4) is 0 Å². The number of pyridine rings is 1. The molecule has 2 saturated heterocycles. The first-order chi connectivity index (χ1) is 11.3. The number of morpholine rings is 1. The second-order valence-corrected chi connectivity index (χ2v) is 7.51. The van der Waals surface area contributed by atoms with Gasteiger partial charge in [0.2, 0.25) is 0 Å². The van der Waals surface area contributed by atoms with Gasteiger partial charge in [0.05, 0.1) is 25.3 Å². The number of ether oxygens (including phenoxy) is 2. The van der Waals surface area contributed by atoms with E-state index in [4.69, 9.17) is 9.47 Å². The van der Waals surface area contributed by atoms with E-state index >= 15 is 0 Å². The summed E-state index contributed by atoms with van der Waals surface area (Å²) in [6.45, 7) is 6.47. The van der Waals surface area contributed by atoms with Crippen LogP contribution in [0.15, 0.2) is 24.5 Å². The average Bonchev–Trinajstić information content (AvgIpc) is 2.52. The zero-order chi connectivity index (χ0) is 17.3. The van der Waals surface area contributed by atoms with Crippen LogP contribution in [0, 0.1) is 5.92 Å². The van der Waals surface area contributed by atoms with Gasteiger partial charge in [0.1, 0.15) is 5.60 Å². The minimum absolute atomic E-state index is 0.101. The topological polar surface area (TPSA) is 68.7 Å². The highest BCUT2D eigenvalue weighted by molar-refractivity contribution is 5.97. The third kappa shape index (κ3) is 3.59. The number of rotatable bonds is 2. The molecule has 0 aromatic carbocycles. The van der Waals surface area contributed by atoms with Gasteiger partial charge in [0.15, 0.2) is 5.78 Å². The quantitative estimate of drug-likeness (QED) is 0.779. The number of aromatic nitrogens is 1. The molecule has 1 aromatic heterocycles. The molecule has 2 fully saturated rings. The number of Topliss-reactive ketones (excluding diaryl/α,β-unsaturated/α-hetero) is 1. The van der Waals surface area contributed by atoms with Crippen molar-refractivity contribution in [1.29, 1.82) is 0 Å². The van der Waals surface area contributed by atoms with Crippen LogP contribution in [0.5, 0.6) is 0 Å². The van der Waals surface area contributed by atoms with Gasteiger partial charge in [-0.1, -0.05) is 0 Å². The summed E-state index contributed by atoms with van der Waals surface area (Å²) in [6.07, 6.45) is 4.15. The van der Waals surface area contributed by atoms with Crippen LogP contribution in [-0.4, -0.2) is 52.7 Å². The first-order valence-electron chi connectivity index (χ1n) is 8.38. The summed E-state index contributed by atoms with van der Waals surface area (Å²) in [5.41, 5.74) is 0.0986. The van der Waals surface area contributed by atoms with Crippen LogP contribution < -0.4 is 0 Å². The number of ketones is 1. The number of fused-ring (bicyclic) bond motifs is 2. The number of hydrogen-bond acceptors (Lipinski definition) is 5. The summed E-state index contributed by atoms with van der Waals surface area (Å²) in [6, 6.07) is 3.34. The number of carbonyl (C=O) groups excluding carboxylic acids is 2. The van der Waals surface area contributed by atoms with E-state index in [0.717, 1.165) is 0 Å². The van der Waals surface area contributed by atoms with Crippen LogP contribution in [0.4, 0.5) is 4.79 Å². The second-order valence-electron chi connectivity index (χ2n) is 7.51. The lowest BCUT2D eigenvalue weighted by atomic mass is 9.81. The van der Waals surface area contributed by atoms with Crippen LogP contribution in [0.1, 0.15) is 44.0 Å². The number of carbonyl (C=O) groups is 2. The molecule has 2 aliphatic heterocycles. The minimum atomic E-state index is -0.533. The van der Waals surface area contributed by atoms with Crippen LogP contribution in [0.2, 0.25) is 0 Å². The van der Waals surface area contributed by atoms with Crippen LogP contribution in [-0.2, 0) is 9.47 Å². The third-order valence-corrected chi connectivity index (χ3v) is 4.44. The van der Waals surface area contributed by atoms with E-state index in [1.807, 2.05) is 20.8 Å². The molecule has 2 unspecified atom stereocenters. The van der Waals surface area contributed by atoms with Gasteiger partial charge < -0.3 is 9.47 Å². The third-order valence-electron chi connectivity index (χ3n) is 4.44. The van der Waals surface area contributed by atoms with Crippen molar-refractivity contribution in [2.24, 2.45) is 5.92 Å². The molecule has 2 atom stereocenters. The van der Waals surface area contributed by atoms with Crippen molar-refractivity contribution in [3.63, 3.8) is 0 Å². The standard InChI is InChI=1S/C18H24N2O4/c1-18(2,3)24-17(22)20-14-7-13(8-15(20)11-23-10-14)16(21)12-5-4-6-19-9-12/h4-6,9,13-15H,7-8,10-11H2,1-3H3. The van der Waals surface area contributed by atoms with E-state index in [1.165, 1.54) is 0 Å². The van der Waals surface area contributed by atoms with Gasteiger partial charge in [-0.25, -0.2) is 4.79 Å². The molecular formula is C18H24N2O4. The first-order valence-corrected chi connectivity index (χ1v) is 8.38. The molecule has 6 heteroatoms. The number of piperidine rings is 1. The van der Waals surface area contributed by atoms with E-state index < -0.39 is 5.60 Å². The van der Waals surface area contributed by atoms with E-state index in [0.29, 0.717) is 31.6 Å². The zero-order valence-corrected chi connectivity index (χ0v) is 14.4. The molecule has 0 N–H and O–H groups in total. The van der Waals surface area contributed by atoms with Gasteiger partial charge in [-0.15, -0.1) is 0 Å². The van der Waals surface area contributed by atoms with E-state index in [1.54, 1.807) is 29.4 Å². The Morgan fingerprint density at radius 2 is 1.92 bits per heavy atom. The fourth-order valence-corrected chi connectivity index (χ4v) is 3.49. The SMILES string of the molecule is CC(C)(C)OC(=O)N1C2COCC1CC(C(=O)c1cccnc1)C2. The highest BCUT2D eigenvalue weighted by Crippen LogP contribution is 2.34. The Kier molecular flexibility index (Phi) is 4.58. The molecule has 6 nitrogen and oxygen atoms in total. The van der Waals surface area contributed by atoms with Gasteiger partial charge in [0, 0.05) is 23.9 Å². The van der Waals surface area contributed by atoms with E-state index in [-0.39, 0.29) is 29.9 Å². The summed E-state index contributed by atoms with van der Waals surface area (Å²) in [5.74, 6) is -0.00405. The molecule has 2 aliphatic rings. The molecule has 1 amide bonds. The lowest BCUT2D eigenvalue weighted by Gasteiger charge is -2.47. The van der Waals surface area contributed by atoms with Gasteiger partial charge in [-0.2, -0.15) is 0 Å². The molecule has 1 aromatic rings. The summed E-state index contributed by atoms with van der Waals surface area (Å²) in [7, 11) is 0. The lowest BCUT2D eigenvalue weighted by molar-refractivity contribution is -0.0861. The molecule has 0 saturated carbocycles. The van der Waals surface area contributed by atoms with Gasteiger partial charge in [0.25, 0.3) is 0 Å². The number of nitrogens with zero attached hydrogens (tertiary/aromatic N) is 2. The predicted molar refractivity (Wildman–Crippen MR) is 87.8 cm³/mol. The van der Waals surface area contributed by atoms with Crippen molar-refractivity contribution in [2.75, 3.05) is 13.2 Å². The van der Waals surface area contributed by atoms with Crippen molar-refractivity contribution in [2.45, 2.75) is 51.3 Å². The summed E-state index contributed by atoms with van der Waals surface area (Å²) < 4.78 is 11.1. The van der Waals surface area contributed by atoms with E-state index in [9.17, 15) is 9.59 Å². The highest BCUT2D eigenvalue weighted by atomic mass is 16.6. The Bertz CT molecular complexity index is 597. The van der Waals surface area contributed by atoms with Crippen molar-refractivity contribution in [3.05, 3.63) is 30.1 Å². The van der Waals surface area contributed by atoms with Crippen LogP contribution >= 0.6 is 0 Å². The van der Waals surface area contributed by atoms with Crippen LogP contribution in [0.25, 0.3) is 0 Å². The maximum atomic E-state index is 12.7. The molecular weight excluding hydrogens is 308 g/mol. The Morgan fingerprint density at radius 3 is 2.46 bits per heavy atom. The highest BCUT2D eigenvalue weighted by Gasteiger charge is 2.45. The molecule has 130 valence electrons. The number of hydrogen-bond donors (Lipinski definition) is 0. The Balaban J connectivity index is 1.74. The molecule has 0 spiro atoms. The van der Waals surface area contributed by atoms with E-state index in [2.05, 4.69) is 4.98 Å². The monoisotopic (exact) mass is 332 g/mol. The van der Waals surface area contributed by atoms with Gasteiger partial charge >= 0.3 is 6.09 Å². The summed E-state index contributed by atoms with van der Waals surface area (Å²) in [4.78, 5) is 31.1. The fourth-order valence-electron chi connectivity index (χ4n) is 3.49. The molecule has 3 rings (SSSR count). The lowest BCUT2D eigenvalue weighted by Crippen LogP contribution is -2.60. The molecule has 24 heavy (non-hydrogen) atoms. The first kappa shape index (κ1) is 16.9. The molecule has 3 heterocycles. The number of amides is 1. The second kappa shape index (κ2) is 6.51. The smallest absolute Gasteiger partial charge is 0.410 e. The molecule has 0 radical (unpaired) electrons. The van der Waals surface area contributed by atoms with Crippen molar-refractivity contribution >= 4 is 11.9 Å². The predicted octanol–water partition coefficient (Wildman–Crippen LogP) is 2.68. The fraction of sp³-hybridized carbons (Fsp3) is 0.611. The Hall–Kier alpha value is -1.95. The largest absolute Gasteiger partial charge is 0.444 e. The molecule has 2 bridgehead atoms. The summed E-state index contributed by atoms with van der Waals surface area (Å²) in [5, 5.41) is 0. The molecule has 0 aliphatic carbocycles. The van der Waals surface area contributed by atoms with Gasteiger partial charge in [-0.3, -0.25) is 14.7 Å². The van der Waals surface area contributed by atoms with Crippen molar-refractivity contribution in [1.82, 2.24) is 9.88 Å². The summed E-state index contributed by atoms with van der Waals surface area (Å²) >= 11 is 0. The van der Waals surface area contributed by atoms with Crippen molar-refractivity contribution < 1.29 is 19.1 Å².